The predicted molar refractivity (Wildman–Crippen MR) is 73.7 cm³/mol. The highest BCUT2D eigenvalue weighted by Gasteiger charge is 2.20. The number of thioether (sulfide) groups is 1. The van der Waals surface area contributed by atoms with E-state index < -0.39 is 5.97 Å². The first-order chi connectivity index (χ1) is 8.52. The molecular weight excluding hydrogens is 252 g/mol. The van der Waals surface area contributed by atoms with E-state index in [4.69, 9.17) is 11.5 Å². The number of carboxylic acid groups (broad SMARTS) is 1. The summed E-state index contributed by atoms with van der Waals surface area (Å²) >= 11 is 1.57. The molecule has 0 aromatic carbocycles. The van der Waals surface area contributed by atoms with Crippen molar-refractivity contribution in [2.75, 3.05) is 24.6 Å². The number of amides is 2. The molecule has 2 amide bonds. The van der Waals surface area contributed by atoms with E-state index in [1.54, 1.807) is 18.7 Å². The Morgan fingerprint density at radius 2 is 2.22 bits per heavy atom. The summed E-state index contributed by atoms with van der Waals surface area (Å²) in [6.45, 7) is 4.56. The molecule has 0 saturated heterocycles. The molecule has 0 bridgehead atoms. The van der Waals surface area contributed by atoms with Crippen LogP contribution in [0.15, 0.2) is 0 Å². The highest BCUT2D eigenvalue weighted by molar-refractivity contribution is 7.99. The van der Waals surface area contributed by atoms with Crippen molar-refractivity contribution in [3.8, 4) is 12.3 Å². The molecule has 0 aliphatic rings. The van der Waals surface area contributed by atoms with E-state index >= 15 is 0 Å². The second-order valence-electron chi connectivity index (χ2n) is 3.72. The fourth-order valence-corrected chi connectivity index (χ4v) is 1.99. The molecule has 0 aromatic heterocycles. The normalized spacial score (nSPS) is 11.4. The van der Waals surface area contributed by atoms with Crippen LogP contribution in [0.1, 0.15) is 20.3 Å². The minimum atomic E-state index is -0.904. The van der Waals surface area contributed by atoms with Crippen molar-refractivity contribution < 1.29 is 14.7 Å². The van der Waals surface area contributed by atoms with Gasteiger partial charge in [0.05, 0.1) is 12.2 Å². The van der Waals surface area contributed by atoms with Crippen LogP contribution < -0.4 is 5.32 Å². The number of carboxylic acids is 1. The molecule has 0 fully saturated rings. The van der Waals surface area contributed by atoms with Crippen molar-refractivity contribution >= 4 is 23.8 Å². The first-order valence-electron chi connectivity index (χ1n) is 5.80. The van der Waals surface area contributed by atoms with E-state index in [9.17, 15) is 9.59 Å². The van der Waals surface area contributed by atoms with Crippen LogP contribution in [0.4, 0.5) is 4.79 Å². The summed E-state index contributed by atoms with van der Waals surface area (Å²) in [5, 5.41) is 11.5. The number of urea groups is 1. The zero-order chi connectivity index (χ0) is 14.0. The standard InChI is InChI=1S/C12H20N2O3S/c1-4-7-18-8-6-13-12(17)14(5-2)10(3)9-11(15)16/h1,10H,5-9H2,2-3H3,(H,13,17)(H,15,16). The number of carbonyl (C=O) groups is 2. The lowest BCUT2D eigenvalue weighted by atomic mass is 10.2. The fourth-order valence-electron chi connectivity index (χ4n) is 1.48. The molecule has 0 spiro atoms. The smallest absolute Gasteiger partial charge is 0.317 e. The number of carbonyl (C=O) groups excluding carboxylic acids is 1. The average molecular weight is 272 g/mol. The van der Waals surface area contributed by atoms with Crippen molar-refractivity contribution in [2.45, 2.75) is 26.3 Å². The number of nitrogens with one attached hydrogen (secondary N) is 1. The van der Waals surface area contributed by atoms with E-state index in [2.05, 4.69) is 11.2 Å². The Bertz CT molecular complexity index is 315. The second-order valence-corrected chi connectivity index (χ2v) is 4.83. The van der Waals surface area contributed by atoms with Gasteiger partial charge in [0, 0.05) is 24.9 Å². The van der Waals surface area contributed by atoms with E-state index in [0.29, 0.717) is 18.8 Å². The van der Waals surface area contributed by atoms with Gasteiger partial charge in [-0.05, 0) is 13.8 Å². The molecule has 2 N–H and O–H groups in total. The van der Waals surface area contributed by atoms with Gasteiger partial charge in [-0.15, -0.1) is 18.2 Å². The number of hydrogen-bond acceptors (Lipinski definition) is 3. The summed E-state index contributed by atoms with van der Waals surface area (Å²) in [5.74, 6) is 2.98. The molecule has 1 atom stereocenters. The Balaban J connectivity index is 4.03. The van der Waals surface area contributed by atoms with Gasteiger partial charge in [-0.3, -0.25) is 4.79 Å². The molecule has 0 radical (unpaired) electrons. The first kappa shape index (κ1) is 16.6. The van der Waals surface area contributed by atoms with Crippen LogP contribution in [0.5, 0.6) is 0 Å². The van der Waals surface area contributed by atoms with E-state index in [-0.39, 0.29) is 18.5 Å². The Kier molecular flexibility index (Phi) is 8.93. The van der Waals surface area contributed by atoms with E-state index in [1.807, 2.05) is 6.92 Å². The van der Waals surface area contributed by atoms with Gasteiger partial charge in [0.25, 0.3) is 0 Å². The Morgan fingerprint density at radius 3 is 2.72 bits per heavy atom. The summed E-state index contributed by atoms with van der Waals surface area (Å²) in [6.07, 6.45) is 5.06. The van der Waals surface area contributed by atoms with Gasteiger partial charge in [-0.25, -0.2) is 4.79 Å². The summed E-state index contributed by atoms with van der Waals surface area (Å²) in [6, 6.07) is -0.543. The Hall–Kier alpha value is -1.35. The maximum Gasteiger partial charge on any atom is 0.317 e. The number of aliphatic carboxylic acids is 1. The lowest BCUT2D eigenvalue weighted by Gasteiger charge is -2.27. The third-order valence-corrected chi connectivity index (χ3v) is 3.18. The van der Waals surface area contributed by atoms with Gasteiger partial charge in [-0.1, -0.05) is 5.92 Å². The van der Waals surface area contributed by atoms with Gasteiger partial charge in [0.1, 0.15) is 0 Å². The fraction of sp³-hybridized carbons (Fsp3) is 0.667. The molecule has 0 saturated carbocycles. The molecule has 0 aliphatic heterocycles. The highest BCUT2D eigenvalue weighted by atomic mass is 32.2. The molecule has 5 nitrogen and oxygen atoms in total. The van der Waals surface area contributed by atoms with Crippen molar-refractivity contribution in [1.29, 1.82) is 0 Å². The topological polar surface area (TPSA) is 69.6 Å². The van der Waals surface area contributed by atoms with Crippen LogP contribution in [0, 0.1) is 12.3 Å². The maximum absolute atomic E-state index is 11.8. The molecule has 6 heteroatoms. The predicted octanol–water partition coefficient (Wildman–Crippen LogP) is 1.25. The average Bonchev–Trinajstić information content (AvgIpc) is 2.28. The van der Waals surface area contributed by atoms with Crippen LogP contribution in [0.25, 0.3) is 0 Å². The Morgan fingerprint density at radius 1 is 1.56 bits per heavy atom. The minimum absolute atomic E-state index is 0.0485. The molecule has 0 aliphatic carbocycles. The number of nitrogens with zero attached hydrogens (tertiary/aromatic N) is 1. The lowest BCUT2D eigenvalue weighted by molar-refractivity contribution is -0.138. The Labute approximate surface area is 112 Å². The SMILES string of the molecule is C#CCSCCNC(=O)N(CC)C(C)CC(=O)O. The van der Waals surface area contributed by atoms with Gasteiger partial charge in [-0.2, -0.15) is 0 Å². The minimum Gasteiger partial charge on any atom is -0.481 e. The zero-order valence-corrected chi connectivity index (χ0v) is 11.6. The molecule has 102 valence electrons. The maximum atomic E-state index is 11.8. The van der Waals surface area contributed by atoms with Gasteiger partial charge in [0.2, 0.25) is 0 Å². The third kappa shape index (κ3) is 7.07. The molecule has 0 rings (SSSR count). The quantitative estimate of drug-likeness (QED) is 0.515. The van der Waals surface area contributed by atoms with Crippen LogP contribution >= 0.6 is 11.8 Å². The summed E-state index contributed by atoms with van der Waals surface area (Å²) in [4.78, 5) is 23.9. The van der Waals surface area contributed by atoms with Crippen LogP contribution in [0.3, 0.4) is 0 Å². The molecule has 18 heavy (non-hydrogen) atoms. The van der Waals surface area contributed by atoms with E-state index in [1.165, 1.54) is 4.90 Å². The van der Waals surface area contributed by atoms with Crippen molar-refractivity contribution in [1.82, 2.24) is 10.2 Å². The first-order valence-corrected chi connectivity index (χ1v) is 6.95. The largest absolute Gasteiger partial charge is 0.481 e. The van der Waals surface area contributed by atoms with Crippen molar-refractivity contribution in [2.24, 2.45) is 0 Å². The summed E-state index contributed by atoms with van der Waals surface area (Å²) in [7, 11) is 0. The number of rotatable bonds is 8. The second kappa shape index (κ2) is 9.66. The van der Waals surface area contributed by atoms with Crippen molar-refractivity contribution in [3.63, 3.8) is 0 Å². The van der Waals surface area contributed by atoms with Gasteiger partial charge < -0.3 is 15.3 Å². The van der Waals surface area contributed by atoms with Gasteiger partial charge in [0.15, 0.2) is 0 Å². The monoisotopic (exact) mass is 272 g/mol. The van der Waals surface area contributed by atoms with Crippen LogP contribution in [-0.2, 0) is 4.79 Å². The number of terminal acetylenes is 1. The molecule has 0 aromatic rings. The van der Waals surface area contributed by atoms with Crippen LogP contribution in [-0.4, -0.2) is 52.6 Å². The van der Waals surface area contributed by atoms with Crippen molar-refractivity contribution in [3.05, 3.63) is 0 Å². The lowest BCUT2D eigenvalue weighted by Crippen LogP contribution is -2.46. The number of hydrogen-bond donors (Lipinski definition) is 2. The summed E-state index contributed by atoms with van der Waals surface area (Å²) < 4.78 is 0. The molecule has 0 heterocycles. The highest BCUT2D eigenvalue weighted by Crippen LogP contribution is 2.04. The zero-order valence-electron chi connectivity index (χ0n) is 10.8. The van der Waals surface area contributed by atoms with E-state index in [0.717, 1.165) is 5.75 Å². The molecular formula is C12H20N2O3S. The summed E-state index contributed by atoms with van der Waals surface area (Å²) in [5.41, 5.74) is 0. The van der Waals surface area contributed by atoms with Gasteiger partial charge >= 0.3 is 12.0 Å². The third-order valence-electron chi connectivity index (χ3n) is 2.31. The van der Waals surface area contributed by atoms with Crippen LogP contribution in [0.2, 0.25) is 0 Å². The molecule has 1 unspecified atom stereocenters.